The molecule has 3 nitrogen and oxygen atoms in total. The average molecular weight is 861 g/mol. The van der Waals surface area contributed by atoms with E-state index >= 15 is 0 Å². The van der Waals surface area contributed by atoms with E-state index in [1.54, 1.807) is 0 Å². The molecule has 51 heavy (non-hydrogen) atoms. The fourth-order valence-corrected chi connectivity index (χ4v) is 9.13. The van der Waals surface area contributed by atoms with Crippen molar-refractivity contribution in [2.75, 3.05) is 0 Å². The summed E-state index contributed by atoms with van der Waals surface area (Å²) in [5.41, 5.74) is 9.59. The zero-order valence-corrected chi connectivity index (χ0v) is 33.1. The van der Waals surface area contributed by atoms with Crippen molar-refractivity contribution in [3.63, 3.8) is 0 Å². The predicted molar refractivity (Wildman–Crippen MR) is 210 cm³/mol. The maximum atomic E-state index is 6.39. The number of aromatic nitrogens is 2. The zero-order chi connectivity index (χ0) is 34.1. The van der Waals surface area contributed by atoms with Gasteiger partial charge in [-0.2, -0.15) is 0 Å². The van der Waals surface area contributed by atoms with Crippen molar-refractivity contribution in [2.45, 2.75) is 58.2 Å². The third-order valence-corrected chi connectivity index (χ3v) is 13.0. The largest absolute Gasteiger partial charge is 0.501 e. The van der Waals surface area contributed by atoms with Gasteiger partial charge in [0.1, 0.15) is 5.58 Å². The smallest absolute Gasteiger partial charge is 0.120 e. The Kier molecular flexibility index (Phi) is 10.5. The zero-order valence-electron chi connectivity index (χ0n) is 29.7. The van der Waals surface area contributed by atoms with Gasteiger partial charge in [0.2, 0.25) is 0 Å². The van der Waals surface area contributed by atoms with Gasteiger partial charge in [0, 0.05) is 37.9 Å². The van der Waals surface area contributed by atoms with E-state index in [9.17, 15) is 0 Å². The van der Waals surface area contributed by atoms with Crippen LogP contribution in [0.2, 0.25) is 19.6 Å². The van der Waals surface area contributed by atoms with Crippen molar-refractivity contribution in [3.05, 3.63) is 139 Å². The number of nitrogens with zero attached hydrogens (tertiary/aromatic N) is 2. The number of hydrogen-bond donors (Lipinski definition) is 0. The van der Waals surface area contributed by atoms with Gasteiger partial charge in [-0.3, -0.25) is 0 Å². The number of rotatable bonds is 6. The van der Waals surface area contributed by atoms with E-state index in [-0.39, 0.29) is 20.1 Å². The van der Waals surface area contributed by atoms with Gasteiger partial charge in [-0.15, -0.1) is 54.1 Å². The quantitative estimate of drug-likeness (QED) is 0.124. The molecule has 5 heteroatoms. The van der Waals surface area contributed by atoms with Crippen LogP contribution in [0.4, 0.5) is 0 Å². The second-order valence-electron chi connectivity index (χ2n) is 15.3. The van der Waals surface area contributed by atoms with E-state index in [2.05, 4.69) is 116 Å². The number of benzene rings is 4. The van der Waals surface area contributed by atoms with E-state index in [1.807, 2.05) is 42.7 Å². The fourth-order valence-electron chi connectivity index (χ4n) is 8.10. The van der Waals surface area contributed by atoms with E-state index in [0.717, 1.165) is 62.2 Å². The molecule has 0 spiro atoms. The summed E-state index contributed by atoms with van der Waals surface area (Å²) in [5, 5.41) is 3.66. The molecule has 0 N–H and O–H groups in total. The van der Waals surface area contributed by atoms with E-state index in [0.29, 0.717) is 0 Å². The van der Waals surface area contributed by atoms with E-state index < -0.39 is 8.07 Å². The fraction of sp³-hybridized carbons (Fsp3) is 0.261. The Morgan fingerprint density at radius 1 is 0.725 bits per heavy atom. The number of pyridine rings is 2. The van der Waals surface area contributed by atoms with Crippen LogP contribution in [0.3, 0.4) is 0 Å². The molecule has 3 aromatic heterocycles. The van der Waals surface area contributed by atoms with Crippen LogP contribution < -0.4 is 5.19 Å². The molecule has 3 heterocycles. The minimum absolute atomic E-state index is 0. The van der Waals surface area contributed by atoms with Gasteiger partial charge in [0.05, 0.1) is 13.7 Å². The van der Waals surface area contributed by atoms with Gasteiger partial charge in [0.15, 0.2) is 0 Å². The van der Waals surface area contributed by atoms with Crippen LogP contribution in [0.5, 0.6) is 0 Å². The molecule has 1 radical (unpaired) electrons. The van der Waals surface area contributed by atoms with Crippen molar-refractivity contribution in [1.29, 1.82) is 0 Å². The van der Waals surface area contributed by atoms with Crippen LogP contribution in [0, 0.1) is 29.9 Å². The van der Waals surface area contributed by atoms with Gasteiger partial charge in [-0.05, 0) is 89.3 Å². The maximum Gasteiger partial charge on any atom is 0.120 e. The summed E-state index contributed by atoms with van der Waals surface area (Å²) in [4.78, 5) is 9.26. The molecule has 2 bridgehead atoms. The van der Waals surface area contributed by atoms with Gasteiger partial charge in [-0.25, -0.2) is 0 Å². The molecule has 7 aromatic rings. The summed E-state index contributed by atoms with van der Waals surface area (Å²) in [6, 6.07) is 44.5. The second-order valence-corrected chi connectivity index (χ2v) is 20.3. The summed E-state index contributed by atoms with van der Waals surface area (Å²) >= 11 is 0. The minimum atomic E-state index is -1.23. The maximum absolute atomic E-state index is 6.39. The predicted octanol–water partition coefficient (Wildman–Crippen LogP) is 11.6. The van der Waals surface area contributed by atoms with Crippen LogP contribution in [0.25, 0.3) is 55.6 Å². The van der Waals surface area contributed by atoms with Crippen LogP contribution in [0.15, 0.2) is 126 Å². The van der Waals surface area contributed by atoms with E-state index in [4.69, 9.17) is 9.40 Å². The Morgan fingerprint density at radius 3 is 2.25 bits per heavy atom. The number of hydrogen-bond acceptors (Lipinski definition) is 3. The van der Waals surface area contributed by atoms with Crippen LogP contribution in [-0.4, -0.2) is 18.0 Å². The Labute approximate surface area is 316 Å². The normalized spacial score (nSPS) is 18.2. The first-order valence-corrected chi connectivity index (χ1v) is 21.7. The van der Waals surface area contributed by atoms with Crippen molar-refractivity contribution >= 4 is 35.2 Å². The first kappa shape index (κ1) is 35.3. The van der Waals surface area contributed by atoms with Crippen molar-refractivity contribution in [3.8, 4) is 33.6 Å². The van der Waals surface area contributed by atoms with Gasteiger partial charge < -0.3 is 14.4 Å². The Hall–Kier alpha value is -4.15. The molecule has 3 aliphatic rings. The second kappa shape index (κ2) is 15.2. The number of furan rings is 1. The molecule has 4 aromatic carbocycles. The van der Waals surface area contributed by atoms with Gasteiger partial charge in [-0.1, -0.05) is 104 Å². The Morgan fingerprint density at radius 2 is 1.55 bits per heavy atom. The Balaban J connectivity index is 0.000000202. The summed E-state index contributed by atoms with van der Waals surface area (Å²) in [5.74, 6) is 2.73. The van der Waals surface area contributed by atoms with Gasteiger partial charge in [0.25, 0.3) is 0 Å². The molecule has 3 aliphatic carbocycles. The van der Waals surface area contributed by atoms with Crippen molar-refractivity contribution in [1.82, 2.24) is 9.97 Å². The standard InChI is InChI=1S/C32H28NO.C14H16NSi.Ir/c1-2-5-23(6-3-1)25-13-14-31-29(20-25)27-7-4-8-28(32(27)34-31)30-19-22(15-16-33-30)18-26-17-21-9-11-24(26)12-10-21;1-16(2,3)13-9-10-14(15-11-13)12-7-5-4-6-8-12;/h1-7,13-16,19-21,24,26H,9-12,17-18H2;4-7,9-11H,1-3H3;/q2*-1;. The molecule has 3 saturated carbocycles. The van der Waals surface area contributed by atoms with Crippen LogP contribution in [-0.2, 0) is 26.5 Å². The topological polar surface area (TPSA) is 38.9 Å². The van der Waals surface area contributed by atoms with E-state index in [1.165, 1.54) is 60.4 Å². The molecule has 0 aliphatic heterocycles. The van der Waals surface area contributed by atoms with Crippen LogP contribution >= 0.6 is 0 Å². The molecule has 259 valence electrons. The molecular formula is C46H44IrN2OSi-2. The summed E-state index contributed by atoms with van der Waals surface area (Å²) in [6.07, 6.45) is 12.4. The summed E-state index contributed by atoms with van der Waals surface area (Å²) in [7, 11) is -1.23. The molecular weight excluding hydrogens is 817 g/mol. The summed E-state index contributed by atoms with van der Waals surface area (Å²) < 4.78 is 6.39. The van der Waals surface area contributed by atoms with Crippen molar-refractivity contribution < 1.29 is 24.5 Å². The number of fused-ring (bicyclic) bond motifs is 6. The van der Waals surface area contributed by atoms with Crippen molar-refractivity contribution in [2.24, 2.45) is 17.8 Å². The minimum Gasteiger partial charge on any atom is -0.501 e. The van der Waals surface area contributed by atoms with Gasteiger partial charge >= 0.3 is 0 Å². The summed E-state index contributed by atoms with van der Waals surface area (Å²) in [6.45, 7) is 7.00. The molecule has 10 rings (SSSR count). The monoisotopic (exact) mass is 861 g/mol. The average Bonchev–Trinajstić information content (AvgIpc) is 3.54. The SMILES string of the molecule is C[Si](C)(C)c1ccc(-c2[c-]cccc2)nc1.[Ir].[c-]1ccc2c(oc3ccc(-c4ccccc4)cc32)c1-c1cc(CC2CC3CCC2CC3)ccn1. The van der Waals surface area contributed by atoms with Crippen LogP contribution in [0.1, 0.15) is 37.7 Å². The first-order chi connectivity index (χ1) is 24.4. The first-order valence-electron chi connectivity index (χ1n) is 18.2. The molecule has 1 atom stereocenters. The third-order valence-electron chi connectivity index (χ3n) is 10.9. The molecule has 3 fully saturated rings. The molecule has 1 unspecified atom stereocenters. The Bertz CT molecular complexity index is 2220. The molecule has 0 amide bonds. The molecule has 0 saturated heterocycles. The third kappa shape index (κ3) is 7.72.